The quantitative estimate of drug-likeness (QED) is 0.188. The van der Waals surface area contributed by atoms with Gasteiger partial charge in [-0.1, -0.05) is 0 Å². The Balaban J connectivity index is 0.00000288. The fourth-order valence-corrected chi connectivity index (χ4v) is 4.96. The Morgan fingerprint density at radius 1 is 0.804 bits per heavy atom. The molecule has 0 aromatic heterocycles. The lowest BCUT2D eigenvalue weighted by molar-refractivity contribution is -0.385. The number of amides is 1. The van der Waals surface area contributed by atoms with E-state index in [4.69, 9.17) is 9.47 Å². The molecule has 0 saturated carbocycles. The number of hydrogen-bond donors (Lipinski definition) is 0. The predicted molar refractivity (Wildman–Crippen MR) is 173 cm³/mol. The first-order valence-corrected chi connectivity index (χ1v) is 14.0. The Hall–Kier alpha value is -4.95. The minimum Gasteiger partial charge on any atom is -0.492 e. The van der Waals surface area contributed by atoms with Gasteiger partial charge in [0.25, 0.3) is 17.3 Å². The van der Waals surface area contributed by atoms with E-state index in [1.807, 2.05) is 0 Å². The number of morpholine rings is 1. The molecular formula is C32H33ClN4O9. The Morgan fingerprint density at radius 3 is 1.74 bits per heavy atom. The second-order valence-corrected chi connectivity index (χ2v) is 10.4. The molecule has 13 nitrogen and oxygen atoms in total. The van der Waals surface area contributed by atoms with Gasteiger partial charge in [-0.25, -0.2) is 0 Å². The van der Waals surface area contributed by atoms with Crippen molar-refractivity contribution in [2.24, 2.45) is 0 Å². The molecule has 46 heavy (non-hydrogen) atoms. The summed E-state index contributed by atoms with van der Waals surface area (Å²) in [6.45, 7) is 4.53. The number of non-ortho nitro benzene ring substituents is 2. The van der Waals surface area contributed by atoms with Crippen molar-refractivity contribution >= 4 is 47.6 Å². The van der Waals surface area contributed by atoms with Crippen LogP contribution in [0.4, 0.5) is 11.4 Å². The standard InChI is InChI=1S/C32H30N4O8.ClH.H2O/c37-31-26(19-23-1-7-28(8-2-23)35(39)40)21-34(22-27(31)20-24-3-9-29(10-4-24)36(41)42)32(38)25-5-11-30(12-6-25)44-18-15-33-13-16-43-17-14-33;;/h1-12,19-20H,13-18,21-22H2;1H;1H2/b26-19-,27-20+;;. The van der Waals surface area contributed by atoms with Crippen LogP contribution in [0.25, 0.3) is 12.2 Å². The maximum atomic E-state index is 13.6. The third kappa shape index (κ3) is 9.05. The zero-order valence-electron chi connectivity index (χ0n) is 24.7. The minimum absolute atomic E-state index is 0. The molecule has 2 N–H and O–H groups in total. The Kier molecular flexibility index (Phi) is 12.7. The van der Waals surface area contributed by atoms with Crippen LogP contribution in [0.15, 0.2) is 83.9 Å². The molecule has 0 spiro atoms. The lowest BCUT2D eigenvalue weighted by atomic mass is 9.93. The summed E-state index contributed by atoms with van der Waals surface area (Å²) in [7, 11) is 0. The van der Waals surface area contributed by atoms with Gasteiger partial charge in [0.05, 0.1) is 36.1 Å². The lowest BCUT2D eigenvalue weighted by Gasteiger charge is -2.30. The van der Waals surface area contributed by atoms with Gasteiger partial charge in [-0.15, -0.1) is 12.4 Å². The first-order valence-electron chi connectivity index (χ1n) is 14.0. The Morgan fingerprint density at radius 2 is 1.28 bits per heavy atom. The summed E-state index contributed by atoms with van der Waals surface area (Å²) < 4.78 is 11.2. The summed E-state index contributed by atoms with van der Waals surface area (Å²) in [5.41, 5.74) is 2.06. The van der Waals surface area contributed by atoms with Crippen LogP contribution in [0.5, 0.6) is 5.75 Å². The van der Waals surface area contributed by atoms with Gasteiger partial charge in [0.15, 0.2) is 5.78 Å². The molecule has 0 radical (unpaired) electrons. The molecule has 242 valence electrons. The number of carbonyl (C=O) groups is 2. The minimum atomic E-state index is -0.505. The van der Waals surface area contributed by atoms with Crippen LogP contribution < -0.4 is 4.74 Å². The smallest absolute Gasteiger partial charge is 0.269 e. The summed E-state index contributed by atoms with van der Waals surface area (Å²) >= 11 is 0. The molecule has 0 bridgehead atoms. The van der Waals surface area contributed by atoms with Gasteiger partial charge in [0, 0.05) is 60.6 Å². The molecule has 2 fully saturated rings. The maximum Gasteiger partial charge on any atom is 0.269 e. The van der Waals surface area contributed by atoms with E-state index >= 15 is 0 Å². The van der Waals surface area contributed by atoms with Gasteiger partial charge < -0.3 is 19.8 Å². The summed E-state index contributed by atoms with van der Waals surface area (Å²) in [5, 5.41) is 22.1. The topological polar surface area (TPSA) is 177 Å². The Labute approximate surface area is 270 Å². The molecule has 2 heterocycles. The molecule has 2 aliphatic rings. The van der Waals surface area contributed by atoms with Crippen molar-refractivity contribution in [2.45, 2.75) is 0 Å². The molecule has 2 aliphatic heterocycles. The van der Waals surface area contributed by atoms with E-state index in [1.165, 1.54) is 48.5 Å². The zero-order valence-corrected chi connectivity index (χ0v) is 25.5. The van der Waals surface area contributed by atoms with E-state index in [0.717, 1.165) is 19.6 Å². The van der Waals surface area contributed by atoms with Crippen molar-refractivity contribution in [1.29, 1.82) is 0 Å². The normalized spacial score (nSPS) is 16.8. The number of ether oxygens (including phenoxy) is 2. The average Bonchev–Trinajstić information content (AvgIpc) is 3.04. The molecule has 1 amide bonds. The van der Waals surface area contributed by atoms with Crippen molar-refractivity contribution in [3.63, 3.8) is 0 Å². The van der Waals surface area contributed by atoms with E-state index in [2.05, 4.69) is 4.90 Å². The van der Waals surface area contributed by atoms with Gasteiger partial charge in [0.2, 0.25) is 0 Å². The number of nitro groups is 2. The van der Waals surface area contributed by atoms with Crippen molar-refractivity contribution in [3.8, 4) is 5.75 Å². The van der Waals surface area contributed by atoms with E-state index < -0.39 is 9.85 Å². The third-order valence-electron chi connectivity index (χ3n) is 7.36. The zero-order chi connectivity index (χ0) is 31.1. The number of hydrogen-bond acceptors (Lipinski definition) is 9. The van der Waals surface area contributed by atoms with E-state index in [9.17, 15) is 29.8 Å². The predicted octanol–water partition coefficient (Wildman–Crippen LogP) is 4.00. The van der Waals surface area contributed by atoms with Crippen LogP contribution in [-0.2, 0) is 9.53 Å². The number of carbonyl (C=O) groups excluding carboxylic acids is 2. The largest absolute Gasteiger partial charge is 0.492 e. The number of rotatable bonds is 9. The fourth-order valence-electron chi connectivity index (χ4n) is 4.96. The highest BCUT2D eigenvalue weighted by Gasteiger charge is 2.30. The van der Waals surface area contributed by atoms with Crippen LogP contribution in [0, 0.1) is 20.2 Å². The van der Waals surface area contributed by atoms with Gasteiger partial charge in [-0.2, -0.15) is 0 Å². The number of ketones is 1. The molecule has 0 atom stereocenters. The first kappa shape index (κ1) is 35.5. The SMILES string of the molecule is Cl.O.O=C1/C(=C\c2ccc([N+](=O)[O-])cc2)CN(C(=O)c2ccc(OCCN3CCOCC3)cc2)C/C1=C\c1ccc([N+](=O)[O-])cc1. The van der Waals surface area contributed by atoms with Crippen molar-refractivity contribution < 1.29 is 34.4 Å². The molecule has 3 aromatic rings. The molecule has 2 saturated heterocycles. The average molecular weight is 653 g/mol. The van der Waals surface area contributed by atoms with Crippen LogP contribution in [-0.4, -0.2) is 89.4 Å². The molecular weight excluding hydrogens is 620 g/mol. The van der Waals surface area contributed by atoms with Gasteiger partial charge in [-0.3, -0.25) is 34.7 Å². The van der Waals surface area contributed by atoms with Gasteiger partial charge in [0.1, 0.15) is 12.4 Å². The highest BCUT2D eigenvalue weighted by molar-refractivity contribution is 6.16. The number of Topliss-reactive ketones (excluding diaryl/α,β-unsaturated/α-hetero) is 1. The third-order valence-corrected chi connectivity index (χ3v) is 7.36. The fraction of sp³-hybridized carbons (Fsp3) is 0.250. The summed E-state index contributed by atoms with van der Waals surface area (Å²) in [6.07, 6.45) is 3.22. The van der Waals surface area contributed by atoms with Crippen LogP contribution in [0.1, 0.15) is 21.5 Å². The number of halogens is 1. The van der Waals surface area contributed by atoms with Crippen molar-refractivity contribution in [1.82, 2.24) is 9.80 Å². The molecule has 0 unspecified atom stereocenters. The molecule has 5 rings (SSSR count). The van der Waals surface area contributed by atoms with E-state index in [-0.39, 0.29) is 54.0 Å². The van der Waals surface area contributed by atoms with Gasteiger partial charge >= 0.3 is 0 Å². The van der Waals surface area contributed by atoms with Crippen LogP contribution >= 0.6 is 12.4 Å². The number of benzene rings is 3. The number of likely N-dealkylation sites (tertiary alicyclic amines) is 1. The van der Waals surface area contributed by atoms with E-state index in [0.29, 0.717) is 53.4 Å². The molecule has 0 aliphatic carbocycles. The van der Waals surface area contributed by atoms with Gasteiger partial charge in [-0.05, 0) is 71.8 Å². The Bertz CT molecular complexity index is 1520. The second-order valence-electron chi connectivity index (χ2n) is 10.4. The summed E-state index contributed by atoms with van der Waals surface area (Å²) in [4.78, 5) is 52.1. The number of nitro benzene ring substituents is 2. The first-order chi connectivity index (χ1) is 21.3. The monoisotopic (exact) mass is 652 g/mol. The lowest BCUT2D eigenvalue weighted by Crippen LogP contribution is -2.41. The second kappa shape index (κ2) is 16.4. The van der Waals surface area contributed by atoms with Crippen molar-refractivity contribution in [3.05, 3.63) is 121 Å². The van der Waals surface area contributed by atoms with Crippen molar-refractivity contribution in [2.75, 3.05) is 52.5 Å². The maximum absolute atomic E-state index is 13.6. The highest BCUT2D eigenvalue weighted by Crippen LogP contribution is 2.25. The van der Waals surface area contributed by atoms with Crippen LogP contribution in [0.2, 0.25) is 0 Å². The molecule has 3 aromatic carbocycles. The summed E-state index contributed by atoms with van der Waals surface area (Å²) in [6, 6.07) is 18.4. The summed E-state index contributed by atoms with van der Waals surface area (Å²) in [5.74, 6) is 0.0671. The molecule has 14 heteroatoms. The number of nitrogens with zero attached hydrogens (tertiary/aromatic N) is 4. The highest BCUT2D eigenvalue weighted by atomic mass is 35.5. The van der Waals surface area contributed by atoms with Crippen LogP contribution in [0.3, 0.4) is 0 Å². The number of piperidine rings is 1. The van der Waals surface area contributed by atoms with E-state index in [1.54, 1.807) is 41.3 Å².